The molecule has 2 fully saturated rings. The number of halogens is 4. The van der Waals surface area contributed by atoms with Gasteiger partial charge in [-0.15, -0.1) is 11.3 Å². The second kappa shape index (κ2) is 4.42. The molecule has 1 atom stereocenters. The van der Waals surface area contributed by atoms with Gasteiger partial charge in [-0.05, 0) is 24.3 Å². The van der Waals surface area contributed by atoms with Crippen LogP contribution in [-0.4, -0.2) is 35.2 Å². The van der Waals surface area contributed by atoms with E-state index in [9.17, 15) is 22.4 Å². The molecule has 1 amide bonds. The fourth-order valence-corrected chi connectivity index (χ4v) is 3.19. The topological polar surface area (TPSA) is 32.3 Å². The molecule has 3 rings (SSSR count). The summed E-state index contributed by atoms with van der Waals surface area (Å²) in [5.41, 5.74) is -0.813. The number of hydrogen-bond acceptors (Lipinski definition) is 3. The van der Waals surface area contributed by atoms with Crippen molar-refractivity contribution in [3.8, 4) is 0 Å². The Morgan fingerprint density at radius 3 is 2.70 bits per heavy atom. The zero-order valence-electron chi connectivity index (χ0n) is 10.3. The molecule has 0 aromatic carbocycles. The number of alkyl halides is 4. The highest BCUT2D eigenvalue weighted by Crippen LogP contribution is 2.47. The summed E-state index contributed by atoms with van der Waals surface area (Å²) in [4.78, 5) is 13.7. The summed E-state index contributed by atoms with van der Waals surface area (Å²) in [6.45, 7) is -1.26. The summed E-state index contributed by atoms with van der Waals surface area (Å²) in [6.07, 6.45) is -3.40. The molecule has 1 saturated heterocycles. The molecule has 1 aromatic rings. The van der Waals surface area contributed by atoms with Crippen molar-refractivity contribution < 1.29 is 22.4 Å². The molecule has 2 heterocycles. The summed E-state index contributed by atoms with van der Waals surface area (Å²) < 4.78 is 51.3. The molecule has 8 heteroatoms. The Morgan fingerprint density at radius 2 is 2.20 bits per heavy atom. The van der Waals surface area contributed by atoms with Crippen LogP contribution in [0.3, 0.4) is 0 Å². The molecule has 20 heavy (non-hydrogen) atoms. The third-order valence-electron chi connectivity index (χ3n) is 3.66. The minimum Gasteiger partial charge on any atom is -0.314 e. The van der Waals surface area contributed by atoms with Crippen LogP contribution in [0.25, 0.3) is 0 Å². The van der Waals surface area contributed by atoms with Crippen LogP contribution in [0, 0.1) is 0 Å². The first-order valence-corrected chi connectivity index (χ1v) is 7.02. The Bertz CT molecular complexity index is 516. The van der Waals surface area contributed by atoms with Gasteiger partial charge in [0.15, 0.2) is 0 Å². The fourth-order valence-electron chi connectivity index (χ4n) is 2.41. The number of hydrogen-bond donors (Lipinski definition) is 1. The van der Waals surface area contributed by atoms with Crippen molar-refractivity contribution >= 4 is 17.2 Å². The van der Waals surface area contributed by atoms with Gasteiger partial charge < -0.3 is 4.90 Å². The van der Waals surface area contributed by atoms with Gasteiger partial charge in [0.05, 0.1) is 6.54 Å². The smallest absolute Gasteiger partial charge is 0.314 e. The molecule has 1 N–H and O–H groups in total. The van der Waals surface area contributed by atoms with E-state index in [1.165, 1.54) is 11.3 Å². The molecule has 1 spiro atoms. The Balaban J connectivity index is 1.87. The van der Waals surface area contributed by atoms with Gasteiger partial charge in [0.2, 0.25) is 5.91 Å². The van der Waals surface area contributed by atoms with E-state index >= 15 is 0 Å². The van der Waals surface area contributed by atoms with Crippen molar-refractivity contribution in [2.24, 2.45) is 0 Å². The summed E-state index contributed by atoms with van der Waals surface area (Å²) >= 11 is 1.30. The summed E-state index contributed by atoms with van der Waals surface area (Å²) in [6, 6.07) is 3.43. The van der Waals surface area contributed by atoms with Crippen LogP contribution < -0.4 is 5.32 Å². The monoisotopic (exact) mass is 308 g/mol. The Labute approximate surface area is 116 Å². The van der Waals surface area contributed by atoms with Crippen LogP contribution in [-0.2, 0) is 4.79 Å². The van der Waals surface area contributed by atoms with Gasteiger partial charge >= 0.3 is 12.3 Å². The number of amides is 1. The van der Waals surface area contributed by atoms with Crippen molar-refractivity contribution in [2.45, 2.75) is 36.9 Å². The molecule has 1 aliphatic carbocycles. The molecule has 1 aliphatic heterocycles. The highest BCUT2D eigenvalue weighted by atomic mass is 32.1. The number of nitrogens with zero attached hydrogens (tertiary/aromatic N) is 1. The highest BCUT2D eigenvalue weighted by molar-refractivity contribution is 7.10. The Kier molecular flexibility index (Phi) is 3.06. The molecular weight excluding hydrogens is 296 g/mol. The van der Waals surface area contributed by atoms with E-state index < -0.39 is 36.5 Å². The third kappa shape index (κ3) is 2.10. The average Bonchev–Trinajstić information content (AvgIpc) is 2.86. The summed E-state index contributed by atoms with van der Waals surface area (Å²) in [5, 5.41) is 4.77. The number of nitrogens with one attached hydrogen (secondary N) is 1. The molecule has 1 unspecified atom stereocenters. The van der Waals surface area contributed by atoms with Crippen molar-refractivity contribution in [3.63, 3.8) is 0 Å². The maximum atomic E-state index is 13.3. The second-order valence-corrected chi connectivity index (χ2v) is 6.12. The molecular formula is C12H12F4N2OS. The van der Waals surface area contributed by atoms with Gasteiger partial charge in [0, 0.05) is 4.88 Å². The first kappa shape index (κ1) is 13.8. The van der Waals surface area contributed by atoms with Gasteiger partial charge in [-0.3, -0.25) is 10.1 Å². The van der Waals surface area contributed by atoms with Crippen molar-refractivity contribution in [2.75, 3.05) is 6.54 Å². The maximum Gasteiger partial charge on any atom is 0.324 e. The lowest BCUT2D eigenvalue weighted by atomic mass is 10.2. The maximum absolute atomic E-state index is 13.3. The van der Waals surface area contributed by atoms with Gasteiger partial charge in [-0.1, -0.05) is 6.07 Å². The third-order valence-corrected chi connectivity index (χ3v) is 4.58. The molecule has 0 radical (unpaired) electrons. The van der Waals surface area contributed by atoms with Crippen LogP contribution in [0.4, 0.5) is 17.6 Å². The Morgan fingerprint density at radius 1 is 1.50 bits per heavy atom. The zero-order valence-corrected chi connectivity index (χ0v) is 11.1. The minimum absolute atomic E-state index is 0.503. The molecule has 1 aromatic heterocycles. The molecule has 3 nitrogen and oxygen atoms in total. The minimum atomic E-state index is -4.20. The number of thiophene rings is 1. The Hall–Kier alpha value is -1.15. The van der Waals surface area contributed by atoms with E-state index in [1.54, 1.807) is 17.5 Å². The van der Waals surface area contributed by atoms with Crippen molar-refractivity contribution in [1.82, 2.24) is 10.2 Å². The fraction of sp³-hybridized carbons (Fsp3) is 0.583. The normalized spacial score (nSPS) is 24.9. The quantitative estimate of drug-likeness (QED) is 0.867. The van der Waals surface area contributed by atoms with E-state index in [4.69, 9.17) is 0 Å². The van der Waals surface area contributed by atoms with E-state index in [1.807, 2.05) is 0 Å². The van der Waals surface area contributed by atoms with E-state index in [0.29, 0.717) is 17.7 Å². The summed E-state index contributed by atoms with van der Waals surface area (Å²) in [5.74, 6) is -4.70. The first-order valence-electron chi connectivity index (χ1n) is 6.14. The SMILES string of the molecule is O=C1N(CC(F)(F)C(F)F)C(c2cccs2)NC12CC2. The standard InChI is InChI=1S/C12H12F4N2OS/c13-9(14)12(15,16)6-18-8(7-2-1-5-20-7)17-11(3-4-11)10(18)19/h1-2,5,8-9,17H,3-4,6H2. The molecule has 1 saturated carbocycles. The average molecular weight is 308 g/mol. The number of carbonyl (C=O) groups is 1. The summed E-state index contributed by atoms with van der Waals surface area (Å²) in [7, 11) is 0. The highest BCUT2D eigenvalue weighted by Gasteiger charge is 2.61. The van der Waals surface area contributed by atoms with E-state index in [-0.39, 0.29) is 0 Å². The van der Waals surface area contributed by atoms with Crippen LogP contribution in [0.2, 0.25) is 0 Å². The van der Waals surface area contributed by atoms with E-state index in [0.717, 1.165) is 4.90 Å². The van der Waals surface area contributed by atoms with Crippen LogP contribution in [0.1, 0.15) is 23.9 Å². The lowest BCUT2D eigenvalue weighted by molar-refractivity contribution is -0.157. The van der Waals surface area contributed by atoms with Crippen LogP contribution in [0.15, 0.2) is 17.5 Å². The van der Waals surface area contributed by atoms with Gasteiger partial charge in [-0.2, -0.15) is 8.78 Å². The molecule has 0 bridgehead atoms. The van der Waals surface area contributed by atoms with Crippen LogP contribution >= 0.6 is 11.3 Å². The predicted molar refractivity (Wildman–Crippen MR) is 64.8 cm³/mol. The van der Waals surface area contributed by atoms with Crippen molar-refractivity contribution in [1.29, 1.82) is 0 Å². The number of carbonyl (C=O) groups excluding carboxylic acids is 1. The first-order chi connectivity index (χ1) is 9.36. The zero-order chi connectivity index (χ0) is 14.5. The lowest BCUT2D eigenvalue weighted by Gasteiger charge is -2.27. The van der Waals surface area contributed by atoms with Gasteiger partial charge in [0.1, 0.15) is 11.7 Å². The van der Waals surface area contributed by atoms with Crippen molar-refractivity contribution in [3.05, 3.63) is 22.4 Å². The predicted octanol–water partition coefficient (Wildman–Crippen LogP) is 2.61. The van der Waals surface area contributed by atoms with Gasteiger partial charge in [-0.25, -0.2) is 8.78 Å². The lowest BCUT2D eigenvalue weighted by Crippen LogP contribution is -2.44. The van der Waals surface area contributed by atoms with Crippen LogP contribution in [0.5, 0.6) is 0 Å². The van der Waals surface area contributed by atoms with E-state index in [2.05, 4.69) is 5.32 Å². The largest absolute Gasteiger partial charge is 0.324 e. The van der Waals surface area contributed by atoms with Gasteiger partial charge in [0.25, 0.3) is 0 Å². The molecule has 110 valence electrons. The number of rotatable bonds is 4. The second-order valence-electron chi connectivity index (χ2n) is 5.14. The molecule has 2 aliphatic rings.